The van der Waals surface area contributed by atoms with E-state index in [4.69, 9.17) is 5.73 Å². The molecule has 5 heteroatoms. The minimum Gasteiger partial charge on any atom is -0.386 e. The van der Waals surface area contributed by atoms with E-state index in [0.29, 0.717) is 16.7 Å². The molecule has 0 saturated heterocycles. The topological polar surface area (TPSA) is 88.3 Å². The van der Waals surface area contributed by atoms with Gasteiger partial charge in [-0.25, -0.2) is 4.99 Å². The summed E-state index contributed by atoms with van der Waals surface area (Å²) in [4.78, 5) is 34.7. The van der Waals surface area contributed by atoms with Crippen molar-refractivity contribution in [1.82, 2.24) is 4.98 Å². The van der Waals surface area contributed by atoms with Crippen LogP contribution < -0.4 is 5.73 Å². The van der Waals surface area contributed by atoms with Gasteiger partial charge in [-0.05, 0) is 18.6 Å². The second kappa shape index (κ2) is 7.78. The molecule has 0 bridgehead atoms. The number of aromatic nitrogens is 1. The molecule has 0 amide bonds. The highest BCUT2D eigenvalue weighted by molar-refractivity contribution is 6.29. The Morgan fingerprint density at radius 1 is 0.906 bits per heavy atom. The van der Waals surface area contributed by atoms with Crippen LogP contribution in [0.2, 0.25) is 0 Å². The highest BCUT2D eigenvalue weighted by atomic mass is 16.1. The molecule has 5 rings (SSSR count). The molecule has 1 aromatic heterocycles. The molecule has 32 heavy (non-hydrogen) atoms. The quantitative estimate of drug-likeness (QED) is 0.449. The molecule has 1 aliphatic heterocycles. The molecule has 5 nitrogen and oxygen atoms in total. The third kappa shape index (κ3) is 3.24. The van der Waals surface area contributed by atoms with Crippen molar-refractivity contribution in [1.29, 1.82) is 0 Å². The summed E-state index contributed by atoms with van der Waals surface area (Å²) in [5.41, 5.74) is 10.8. The SMILES string of the molecule is Cc1ccc(C2=C(C(=O)c3ccccc3)N=C(N)C2C(=O)c2c[nH]c3ccccc23)cc1. The van der Waals surface area contributed by atoms with E-state index in [1.807, 2.05) is 61.5 Å². The Bertz CT molecular complexity index is 1410. The van der Waals surface area contributed by atoms with Gasteiger partial charge in [0.25, 0.3) is 0 Å². The van der Waals surface area contributed by atoms with Crippen molar-refractivity contribution in [3.05, 3.63) is 113 Å². The number of rotatable bonds is 5. The van der Waals surface area contributed by atoms with Crippen LogP contribution in [0.15, 0.2) is 95.7 Å². The zero-order valence-corrected chi connectivity index (χ0v) is 17.5. The lowest BCUT2D eigenvalue weighted by Crippen LogP contribution is -2.29. The zero-order chi connectivity index (χ0) is 22.2. The van der Waals surface area contributed by atoms with Crippen molar-refractivity contribution in [2.45, 2.75) is 6.92 Å². The third-order valence-corrected chi connectivity index (χ3v) is 5.81. The number of nitrogens with two attached hydrogens (primary N) is 1. The Kier molecular flexibility index (Phi) is 4.79. The first-order valence-corrected chi connectivity index (χ1v) is 10.4. The van der Waals surface area contributed by atoms with Gasteiger partial charge in [0.05, 0.1) is 0 Å². The average Bonchev–Trinajstić information content (AvgIpc) is 3.40. The van der Waals surface area contributed by atoms with Crippen LogP contribution in [-0.2, 0) is 0 Å². The van der Waals surface area contributed by atoms with Gasteiger partial charge in [-0.15, -0.1) is 0 Å². The Morgan fingerprint density at radius 2 is 1.59 bits per heavy atom. The van der Waals surface area contributed by atoms with Gasteiger partial charge >= 0.3 is 0 Å². The van der Waals surface area contributed by atoms with Gasteiger partial charge < -0.3 is 10.7 Å². The number of benzene rings is 3. The van der Waals surface area contributed by atoms with Crippen molar-refractivity contribution in [2.75, 3.05) is 0 Å². The van der Waals surface area contributed by atoms with Gasteiger partial charge in [0.1, 0.15) is 17.5 Å². The summed E-state index contributed by atoms with van der Waals surface area (Å²) in [7, 11) is 0. The Hall–Kier alpha value is -4.25. The molecule has 2 heterocycles. The molecule has 4 aromatic rings. The summed E-state index contributed by atoms with van der Waals surface area (Å²) in [5, 5.41) is 0.816. The summed E-state index contributed by atoms with van der Waals surface area (Å²) in [6, 6.07) is 24.3. The standard InChI is InChI=1S/C27H21N3O2/c1-16-11-13-17(14-12-16)22-23(26(32)20-15-29-21-10-6-5-9-19(20)21)27(28)30-24(22)25(31)18-7-3-2-4-8-18/h2-15,23,29H,1H3,(H2,28,30). The molecule has 0 radical (unpaired) electrons. The van der Waals surface area contributed by atoms with Gasteiger partial charge in [0, 0.05) is 33.8 Å². The monoisotopic (exact) mass is 419 g/mol. The van der Waals surface area contributed by atoms with E-state index in [1.54, 1.807) is 30.5 Å². The number of aryl methyl sites for hydroxylation is 1. The average molecular weight is 419 g/mol. The number of para-hydroxylation sites is 1. The summed E-state index contributed by atoms with van der Waals surface area (Å²) in [6.45, 7) is 1.99. The fraction of sp³-hybridized carbons (Fsp3) is 0.0741. The summed E-state index contributed by atoms with van der Waals surface area (Å²) >= 11 is 0. The molecule has 3 N–H and O–H groups in total. The van der Waals surface area contributed by atoms with Gasteiger partial charge in [-0.3, -0.25) is 9.59 Å². The number of aliphatic imine (C=N–C) groups is 1. The Labute approximate surface area is 185 Å². The van der Waals surface area contributed by atoms with Gasteiger partial charge in [0.2, 0.25) is 5.78 Å². The molecule has 0 spiro atoms. The summed E-state index contributed by atoms with van der Waals surface area (Å²) in [6.07, 6.45) is 1.70. The van der Waals surface area contributed by atoms with Crippen LogP contribution in [0.4, 0.5) is 0 Å². The van der Waals surface area contributed by atoms with Crippen LogP contribution in [0.5, 0.6) is 0 Å². The molecular formula is C27H21N3O2. The fourth-order valence-corrected chi connectivity index (χ4v) is 4.17. The highest BCUT2D eigenvalue weighted by Crippen LogP contribution is 2.38. The fourth-order valence-electron chi connectivity index (χ4n) is 4.17. The lowest BCUT2D eigenvalue weighted by Gasteiger charge is -2.15. The van der Waals surface area contributed by atoms with Crippen molar-refractivity contribution in [2.24, 2.45) is 16.6 Å². The van der Waals surface area contributed by atoms with Crippen LogP contribution in [0.1, 0.15) is 31.8 Å². The first-order chi connectivity index (χ1) is 15.5. The highest BCUT2D eigenvalue weighted by Gasteiger charge is 2.38. The van der Waals surface area contributed by atoms with E-state index in [-0.39, 0.29) is 23.1 Å². The first-order valence-electron chi connectivity index (χ1n) is 10.4. The van der Waals surface area contributed by atoms with E-state index in [0.717, 1.165) is 22.0 Å². The van der Waals surface area contributed by atoms with Crippen LogP contribution in [0, 0.1) is 12.8 Å². The van der Waals surface area contributed by atoms with Gasteiger partial charge in [-0.1, -0.05) is 78.4 Å². The minimum atomic E-state index is -0.834. The van der Waals surface area contributed by atoms with Crippen molar-refractivity contribution < 1.29 is 9.59 Å². The van der Waals surface area contributed by atoms with Crippen molar-refractivity contribution >= 4 is 33.9 Å². The molecule has 0 aliphatic carbocycles. The second-order valence-electron chi connectivity index (χ2n) is 7.91. The Morgan fingerprint density at radius 3 is 2.34 bits per heavy atom. The van der Waals surface area contributed by atoms with Crippen molar-refractivity contribution in [3.63, 3.8) is 0 Å². The van der Waals surface area contributed by atoms with E-state index in [2.05, 4.69) is 9.98 Å². The zero-order valence-electron chi connectivity index (χ0n) is 17.5. The number of aromatic amines is 1. The minimum absolute atomic E-state index is 0.134. The van der Waals surface area contributed by atoms with E-state index in [1.165, 1.54) is 0 Å². The molecule has 0 saturated carbocycles. The number of ketones is 2. The number of amidine groups is 1. The van der Waals surface area contributed by atoms with Crippen molar-refractivity contribution in [3.8, 4) is 0 Å². The molecule has 0 fully saturated rings. The van der Waals surface area contributed by atoms with E-state index >= 15 is 0 Å². The maximum Gasteiger partial charge on any atom is 0.211 e. The maximum absolute atomic E-state index is 13.8. The second-order valence-corrected chi connectivity index (χ2v) is 7.91. The number of hydrogen-bond acceptors (Lipinski definition) is 4. The summed E-state index contributed by atoms with van der Waals surface area (Å²) in [5.74, 6) is -1.14. The van der Waals surface area contributed by atoms with E-state index < -0.39 is 5.92 Å². The first kappa shape index (κ1) is 19.7. The number of allylic oxidation sites excluding steroid dienone is 1. The number of carbonyl (C=O) groups excluding carboxylic acids is 2. The predicted octanol–water partition coefficient (Wildman–Crippen LogP) is 4.94. The Balaban J connectivity index is 1.68. The number of H-pyrrole nitrogens is 1. The molecule has 156 valence electrons. The molecule has 1 unspecified atom stereocenters. The van der Waals surface area contributed by atoms with Crippen LogP contribution in [0.25, 0.3) is 16.5 Å². The van der Waals surface area contributed by atoms with Gasteiger partial charge in [-0.2, -0.15) is 0 Å². The number of carbonyl (C=O) groups is 2. The van der Waals surface area contributed by atoms with Crippen LogP contribution in [-0.4, -0.2) is 22.4 Å². The number of hydrogen-bond donors (Lipinski definition) is 2. The number of nitrogens with zero attached hydrogens (tertiary/aromatic N) is 1. The number of fused-ring (bicyclic) bond motifs is 1. The summed E-state index contributed by atoms with van der Waals surface area (Å²) < 4.78 is 0. The van der Waals surface area contributed by atoms with Crippen LogP contribution in [0.3, 0.4) is 0 Å². The van der Waals surface area contributed by atoms with Gasteiger partial charge in [0.15, 0.2) is 5.78 Å². The lowest BCUT2D eigenvalue weighted by atomic mass is 9.84. The predicted molar refractivity (Wildman–Crippen MR) is 127 cm³/mol. The molecule has 1 atom stereocenters. The largest absolute Gasteiger partial charge is 0.386 e. The maximum atomic E-state index is 13.8. The lowest BCUT2D eigenvalue weighted by molar-refractivity contribution is 0.0978. The number of nitrogens with one attached hydrogen (secondary N) is 1. The van der Waals surface area contributed by atoms with E-state index in [9.17, 15) is 9.59 Å². The molecular weight excluding hydrogens is 398 g/mol. The number of Topliss-reactive ketones (excluding diaryl/α,β-unsaturated/α-hetero) is 2. The van der Waals surface area contributed by atoms with Crippen LogP contribution >= 0.6 is 0 Å². The molecule has 1 aliphatic rings. The third-order valence-electron chi connectivity index (χ3n) is 5.81. The smallest absolute Gasteiger partial charge is 0.211 e. The normalized spacial score (nSPS) is 15.8. The molecule has 3 aromatic carbocycles.